The molecule has 0 amide bonds. The Morgan fingerprint density at radius 3 is 2.70 bits per heavy atom. The zero-order valence-corrected chi connectivity index (χ0v) is 6.98. The molecule has 0 spiro atoms. The van der Waals surface area contributed by atoms with Crippen LogP contribution in [0.5, 0.6) is 0 Å². The summed E-state index contributed by atoms with van der Waals surface area (Å²) in [5.74, 6) is 0. The van der Waals surface area contributed by atoms with Gasteiger partial charge in [0.2, 0.25) is 0 Å². The smallest absolute Gasteiger partial charge is 0.0195 e. The van der Waals surface area contributed by atoms with Gasteiger partial charge in [0, 0.05) is 12.6 Å². The van der Waals surface area contributed by atoms with E-state index in [1.54, 1.807) is 0 Å². The first-order valence-corrected chi connectivity index (χ1v) is 4.07. The van der Waals surface area contributed by atoms with Crippen LogP contribution in [0.2, 0.25) is 0 Å². The van der Waals surface area contributed by atoms with Crippen LogP contribution in [0.3, 0.4) is 0 Å². The minimum absolute atomic E-state index is 0.509. The van der Waals surface area contributed by atoms with Crippen LogP contribution in [-0.4, -0.2) is 19.1 Å². The van der Waals surface area contributed by atoms with Gasteiger partial charge in [0.25, 0.3) is 0 Å². The predicted molar refractivity (Wildman–Crippen MR) is 43.9 cm³/mol. The quantitative estimate of drug-likeness (QED) is 0.566. The Balaban J connectivity index is 2.40. The molecule has 0 radical (unpaired) electrons. The first-order valence-electron chi connectivity index (χ1n) is 4.07. The van der Waals surface area contributed by atoms with E-state index in [1.165, 1.54) is 12.8 Å². The van der Waals surface area contributed by atoms with Crippen LogP contribution >= 0.6 is 0 Å². The van der Waals surface area contributed by atoms with Gasteiger partial charge < -0.3 is 11.1 Å². The molecule has 2 heteroatoms. The molecule has 10 heavy (non-hydrogen) atoms. The minimum Gasteiger partial charge on any atom is -0.329 e. The number of rotatable bonds is 1. The monoisotopic (exact) mass is 142 g/mol. The van der Waals surface area contributed by atoms with E-state index in [0.29, 0.717) is 11.5 Å². The average molecular weight is 142 g/mol. The van der Waals surface area contributed by atoms with Crippen molar-refractivity contribution in [1.82, 2.24) is 5.32 Å². The predicted octanol–water partition coefficient (Wildman–Crippen LogP) is 0.723. The largest absolute Gasteiger partial charge is 0.329 e. The molecule has 1 unspecified atom stereocenters. The summed E-state index contributed by atoms with van der Waals surface area (Å²) in [6.45, 7) is 6.55. The lowest BCUT2D eigenvalue weighted by Crippen LogP contribution is -2.45. The maximum Gasteiger partial charge on any atom is 0.0195 e. The van der Waals surface area contributed by atoms with Gasteiger partial charge in [-0.15, -0.1) is 0 Å². The van der Waals surface area contributed by atoms with Crippen LogP contribution in [0, 0.1) is 5.41 Å². The Labute approximate surface area is 63.2 Å². The zero-order chi connectivity index (χ0) is 7.61. The molecule has 2 nitrogen and oxygen atoms in total. The summed E-state index contributed by atoms with van der Waals surface area (Å²) < 4.78 is 0. The lowest BCUT2D eigenvalue weighted by molar-refractivity contribution is 0.212. The Morgan fingerprint density at radius 2 is 2.30 bits per heavy atom. The molecule has 1 saturated heterocycles. The summed E-state index contributed by atoms with van der Waals surface area (Å²) in [7, 11) is 0. The van der Waals surface area contributed by atoms with E-state index in [-0.39, 0.29) is 0 Å². The summed E-state index contributed by atoms with van der Waals surface area (Å²) in [5.41, 5.74) is 6.07. The fourth-order valence-corrected chi connectivity index (χ4v) is 1.62. The standard InChI is InChI=1S/C8H18N2/c1-8(2)3-4-10-7(5-8)6-9/h7,10H,3-6,9H2,1-2H3. The number of nitrogens with two attached hydrogens (primary N) is 1. The maximum atomic E-state index is 5.56. The van der Waals surface area contributed by atoms with Gasteiger partial charge in [0.1, 0.15) is 0 Å². The van der Waals surface area contributed by atoms with Crippen LogP contribution < -0.4 is 11.1 Å². The van der Waals surface area contributed by atoms with Crippen molar-refractivity contribution in [2.75, 3.05) is 13.1 Å². The minimum atomic E-state index is 0.509. The van der Waals surface area contributed by atoms with Gasteiger partial charge in [-0.2, -0.15) is 0 Å². The summed E-state index contributed by atoms with van der Waals surface area (Å²) in [6, 6.07) is 0.559. The van der Waals surface area contributed by atoms with Gasteiger partial charge in [0.05, 0.1) is 0 Å². The topological polar surface area (TPSA) is 38.0 Å². The molecule has 0 aromatic heterocycles. The Bertz CT molecular complexity index is 110. The third-order valence-electron chi connectivity index (χ3n) is 2.32. The molecule has 1 fully saturated rings. The van der Waals surface area contributed by atoms with Gasteiger partial charge in [-0.25, -0.2) is 0 Å². The van der Waals surface area contributed by atoms with Crippen molar-refractivity contribution in [2.45, 2.75) is 32.7 Å². The van der Waals surface area contributed by atoms with Gasteiger partial charge in [-0.05, 0) is 24.8 Å². The second-order valence-corrected chi connectivity index (χ2v) is 4.01. The molecule has 1 aliphatic rings. The molecule has 1 atom stereocenters. The van der Waals surface area contributed by atoms with Crippen molar-refractivity contribution in [3.05, 3.63) is 0 Å². The Morgan fingerprint density at radius 1 is 1.60 bits per heavy atom. The maximum absolute atomic E-state index is 5.56. The van der Waals surface area contributed by atoms with E-state index in [1.807, 2.05) is 0 Å². The van der Waals surface area contributed by atoms with E-state index in [9.17, 15) is 0 Å². The summed E-state index contributed by atoms with van der Waals surface area (Å²) in [5, 5.41) is 3.40. The second-order valence-electron chi connectivity index (χ2n) is 4.01. The summed E-state index contributed by atoms with van der Waals surface area (Å²) >= 11 is 0. The zero-order valence-electron chi connectivity index (χ0n) is 6.98. The number of nitrogens with one attached hydrogen (secondary N) is 1. The SMILES string of the molecule is CC1(C)CCNC(CN)C1. The third-order valence-corrected chi connectivity index (χ3v) is 2.32. The van der Waals surface area contributed by atoms with E-state index in [4.69, 9.17) is 5.73 Å². The molecular weight excluding hydrogens is 124 g/mol. The van der Waals surface area contributed by atoms with E-state index < -0.39 is 0 Å². The number of hydrogen-bond donors (Lipinski definition) is 2. The molecule has 0 aromatic rings. The van der Waals surface area contributed by atoms with Crippen LogP contribution in [0.4, 0.5) is 0 Å². The fraction of sp³-hybridized carbons (Fsp3) is 1.00. The molecule has 0 aromatic carbocycles. The average Bonchev–Trinajstić information content (AvgIpc) is 1.86. The highest BCUT2D eigenvalue weighted by Crippen LogP contribution is 2.28. The second kappa shape index (κ2) is 2.89. The molecular formula is C8H18N2. The molecule has 1 heterocycles. The summed E-state index contributed by atoms with van der Waals surface area (Å²) in [6.07, 6.45) is 2.51. The van der Waals surface area contributed by atoms with E-state index in [0.717, 1.165) is 13.1 Å². The van der Waals surface area contributed by atoms with Gasteiger partial charge in [-0.1, -0.05) is 13.8 Å². The lowest BCUT2D eigenvalue weighted by atomic mass is 9.80. The molecule has 0 bridgehead atoms. The normalized spacial score (nSPS) is 32.1. The number of hydrogen-bond acceptors (Lipinski definition) is 2. The highest BCUT2D eigenvalue weighted by molar-refractivity contribution is 4.83. The summed E-state index contributed by atoms with van der Waals surface area (Å²) in [4.78, 5) is 0. The molecule has 1 aliphatic heterocycles. The number of piperidine rings is 1. The molecule has 0 aliphatic carbocycles. The van der Waals surface area contributed by atoms with Crippen molar-refractivity contribution in [3.63, 3.8) is 0 Å². The van der Waals surface area contributed by atoms with Gasteiger partial charge in [-0.3, -0.25) is 0 Å². The van der Waals surface area contributed by atoms with Crippen molar-refractivity contribution in [3.8, 4) is 0 Å². The first-order chi connectivity index (χ1) is 4.64. The highest BCUT2D eigenvalue weighted by Gasteiger charge is 2.26. The molecule has 3 N–H and O–H groups in total. The van der Waals surface area contributed by atoms with Crippen LogP contribution in [0.1, 0.15) is 26.7 Å². The van der Waals surface area contributed by atoms with Gasteiger partial charge >= 0.3 is 0 Å². The lowest BCUT2D eigenvalue weighted by Gasteiger charge is -2.35. The Kier molecular flexibility index (Phi) is 2.32. The first kappa shape index (κ1) is 8.02. The van der Waals surface area contributed by atoms with Crippen molar-refractivity contribution >= 4 is 0 Å². The van der Waals surface area contributed by atoms with E-state index in [2.05, 4.69) is 19.2 Å². The highest BCUT2D eigenvalue weighted by atomic mass is 14.9. The van der Waals surface area contributed by atoms with Crippen molar-refractivity contribution < 1.29 is 0 Å². The molecule has 0 saturated carbocycles. The Hall–Kier alpha value is -0.0800. The van der Waals surface area contributed by atoms with Crippen molar-refractivity contribution in [1.29, 1.82) is 0 Å². The molecule has 1 rings (SSSR count). The van der Waals surface area contributed by atoms with Crippen LogP contribution in [-0.2, 0) is 0 Å². The van der Waals surface area contributed by atoms with Crippen molar-refractivity contribution in [2.24, 2.45) is 11.1 Å². The third kappa shape index (κ3) is 1.96. The van der Waals surface area contributed by atoms with E-state index >= 15 is 0 Å². The van der Waals surface area contributed by atoms with Crippen LogP contribution in [0.15, 0.2) is 0 Å². The van der Waals surface area contributed by atoms with Gasteiger partial charge in [0.15, 0.2) is 0 Å². The fourth-order valence-electron chi connectivity index (χ4n) is 1.62. The van der Waals surface area contributed by atoms with Crippen LogP contribution in [0.25, 0.3) is 0 Å². The molecule has 60 valence electrons.